The van der Waals surface area contributed by atoms with Crippen LogP contribution in [0.15, 0.2) is 18.2 Å². The second-order valence-corrected chi connectivity index (χ2v) is 5.96. The molecule has 0 atom stereocenters. The Bertz CT molecular complexity index is 429. The van der Waals surface area contributed by atoms with Gasteiger partial charge in [-0.2, -0.15) is 0 Å². The van der Waals surface area contributed by atoms with Crippen molar-refractivity contribution in [3.63, 3.8) is 0 Å². The van der Waals surface area contributed by atoms with Crippen LogP contribution in [0.3, 0.4) is 0 Å². The fourth-order valence-corrected chi connectivity index (χ4v) is 2.52. The number of anilines is 1. The average Bonchev–Trinajstić information content (AvgIpc) is 2.52. The zero-order valence-electron chi connectivity index (χ0n) is 13.5. The minimum atomic E-state index is 0.746. The summed E-state index contributed by atoms with van der Waals surface area (Å²) in [6, 6.07) is 6.51. The average molecular weight is 292 g/mol. The fraction of sp³-hybridized carbons (Fsp3) is 0.647. The number of nitrogens with zero attached hydrogens (tertiary/aromatic N) is 1. The Balaban J connectivity index is 1.95. The van der Waals surface area contributed by atoms with Gasteiger partial charge in [-0.25, -0.2) is 0 Å². The number of hydrogen-bond donors (Lipinski definition) is 1. The molecule has 1 heterocycles. The molecule has 0 aliphatic carbocycles. The highest BCUT2D eigenvalue weighted by Crippen LogP contribution is 2.29. The molecule has 1 aromatic carbocycles. The third kappa shape index (κ3) is 4.90. The van der Waals surface area contributed by atoms with E-state index in [2.05, 4.69) is 42.3 Å². The van der Waals surface area contributed by atoms with Crippen LogP contribution in [-0.2, 0) is 11.3 Å². The summed E-state index contributed by atoms with van der Waals surface area (Å²) in [7, 11) is 1.75. The van der Waals surface area contributed by atoms with Crippen LogP contribution in [0, 0.1) is 5.92 Å². The largest absolute Gasteiger partial charge is 0.495 e. The van der Waals surface area contributed by atoms with Crippen molar-refractivity contribution in [1.29, 1.82) is 0 Å². The molecule has 0 saturated carbocycles. The van der Waals surface area contributed by atoms with Crippen LogP contribution in [0.25, 0.3) is 0 Å². The molecule has 0 bridgehead atoms. The van der Waals surface area contributed by atoms with Crippen LogP contribution in [0.4, 0.5) is 5.69 Å². The van der Waals surface area contributed by atoms with Crippen molar-refractivity contribution in [2.24, 2.45) is 5.92 Å². The number of hydrogen-bond acceptors (Lipinski definition) is 4. The van der Waals surface area contributed by atoms with Gasteiger partial charge in [0, 0.05) is 19.6 Å². The molecule has 0 radical (unpaired) electrons. The smallest absolute Gasteiger partial charge is 0.142 e. The maximum absolute atomic E-state index is 5.57. The quantitative estimate of drug-likeness (QED) is 0.783. The molecule has 1 fully saturated rings. The maximum Gasteiger partial charge on any atom is 0.142 e. The first-order chi connectivity index (χ1) is 10.2. The van der Waals surface area contributed by atoms with Crippen LogP contribution in [0.2, 0.25) is 0 Å². The Labute approximate surface area is 128 Å². The summed E-state index contributed by atoms with van der Waals surface area (Å²) in [6.07, 6.45) is 1.21. The molecule has 4 nitrogen and oxygen atoms in total. The first-order valence-corrected chi connectivity index (χ1v) is 7.91. The first kappa shape index (κ1) is 16.1. The van der Waals surface area contributed by atoms with Gasteiger partial charge in [0.1, 0.15) is 5.75 Å². The van der Waals surface area contributed by atoms with Gasteiger partial charge in [0.05, 0.1) is 26.0 Å². The van der Waals surface area contributed by atoms with Crippen molar-refractivity contribution >= 4 is 5.69 Å². The van der Waals surface area contributed by atoms with Crippen LogP contribution >= 0.6 is 0 Å². The standard InChI is InChI=1S/C17H28N2O2/c1-14(2)6-7-18-13-15-4-5-16(17(12-15)20-3)19-8-10-21-11-9-19/h4-5,12,14,18H,6-11,13H2,1-3H3. The van der Waals surface area contributed by atoms with Crippen molar-refractivity contribution in [3.8, 4) is 5.75 Å². The zero-order chi connectivity index (χ0) is 15.1. The van der Waals surface area contributed by atoms with E-state index in [1.807, 2.05) is 0 Å². The number of nitrogens with one attached hydrogen (secondary N) is 1. The lowest BCUT2D eigenvalue weighted by Gasteiger charge is -2.30. The van der Waals surface area contributed by atoms with E-state index in [1.165, 1.54) is 17.7 Å². The molecule has 0 spiro atoms. The summed E-state index contributed by atoms with van der Waals surface area (Å²) in [5.41, 5.74) is 2.44. The molecule has 0 aromatic heterocycles. The van der Waals surface area contributed by atoms with E-state index in [4.69, 9.17) is 9.47 Å². The summed E-state index contributed by atoms with van der Waals surface area (Å²) in [5, 5.41) is 3.49. The predicted molar refractivity (Wildman–Crippen MR) is 87.2 cm³/mol. The van der Waals surface area contributed by atoms with E-state index in [0.717, 1.165) is 51.1 Å². The van der Waals surface area contributed by atoms with Gasteiger partial charge in [0.15, 0.2) is 0 Å². The van der Waals surface area contributed by atoms with Crippen LogP contribution in [-0.4, -0.2) is 40.0 Å². The van der Waals surface area contributed by atoms with Crippen molar-refractivity contribution < 1.29 is 9.47 Å². The van der Waals surface area contributed by atoms with E-state index in [0.29, 0.717) is 0 Å². The molecule has 0 unspecified atom stereocenters. The molecule has 0 amide bonds. The highest BCUT2D eigenvalue weighted by Gasteiger charge is 2.15. The second kappa shape index (κ2) is 8.25. The molecule has 118 valence electrons. The molecule has 1 aliphatic rings. The van der Waals surface area contributed by atoms with Crippen molar-refractivity contribution in [2.45, 2.75) is 26.8 Å². The van der Waals surface area contributed by atoms with E-state index in [-0.39, 0.29) is 0 Å². The Morgan fingerprint density at radius 1 is 1.29 bits per heavy atom. The molecule has 1 saturated heterocycles. The molecule has 1 aliphatic heterocycles. The van der Waals surface area contributed by atoms with Crippen molar-refractivity contribution in [1.82, 2.24) is 5.32 Å². The minimum absolute atomic E-state index is 0.746. The number of methoxy groups -OCH3 is 1. The maximum atomic E-state index is 5.57. The SMILES string of the molecule is COc1cc(CNCCC(C)C)ccc1N1CCOCC1. The number of morpholine rings is 1. The fourth-order valence-electron chi connectivity index (χ4n) is 2.52. The van der Waals surface area contributed by atoms with Gasteiger partial charge < -0.3 is 19.7 Å². The Morgan fingerprint density at radius 3 is 2.71 bits per heavy atom. The summed E-state index contributed by atoms with van der Waals surface area (Å²) >= 11 is 0. The van der Waals surface area contributed by atoms with Gasteiger partial charge in [-0.3, -0.25) is 0 Å². The molecular formula is C17H28N2O2. The number of ether oxygens (including phenoxy) is 2. The summed E-state index contributed by atoms with van der Waals surface area (Å²) in [6.45, 7) is 9.91. The Morgan fingerprint density at radius 2 is 2.05 bits per heavy atom. The molecule has 4 heteroatoms. The Kier molecular flexibility index (Phi) is 6.33. The lowest BCUT2D eigenvalue weighted by atomic mass is 10.1. The highest BCUT2D eigenvalue weighted by molar-refractivity contribution is 5.60. The molecule has 2 rings (SSSR count). The van der Waals surface area contributed by atoms with E-state index in [1.54, 1.807) is 7.11 Å². The van der Waals surface area contributed by atoms with Gasteiger partial charge in [-0.05, 0) is 36.6 Å². The van der Waals surface area contributed by atoms with Crippen LogP contribution in [0.1, 0.15) is 25.8 Å². The molecule has 21 heavy (non-hydrogen) atoms. The van der Waals surface area contributed by atoms with Gasteiger partial charge >= 0.3 is 0 Å². The second-order valence-electron chi connectivity index (χ2n) is 5.96. The van der Waals surface area contributed by atoms with Crippen molar-refractivity contribution in [3.05, 3.63) is 23.8 Å². The van der Waals surface area contributed by atoms with E-state index in [9.17, 15) is 0 Å². The summed E-state index contributed by atoms with van der Waals surface area (Å²) in [4.78, 5) is 2.33. The Hall–Kier alpha value is -1.26. The first-order valence-electron chi connectivity index (χ1n) is 7.91. The highest BCUT2D eigenvalue weighted by atomic mass is 16.5. The van der Waals surface area contributed by atoms with Crippen LogP contribution in [0.5, 0.6) is 5.75 Å². The minimum Gasteiger partial charge on any atom is -0.495 e. The third-order valence-corrected chi connectivity index (χ3v) is 3.82. The molecule has 1 aromatic rings. The van der Waals surface area contributed by atoms with Gasteiger partial charge in [0.2, 0.25) is 0 Å². The lowest BCUT2D eigenvalue weighted by molar-refractivity contribution is 0.122. The van der Waals surface area contributed by atoms with Gasteiger partial charge in [0.25, 0.3) is 0 Å². The third-order valence-electron chi connectivity index (χ3n) is 3.82. The van der Waals surface area contributed by atoms with Crippen LogP contribution < -0.4 is 15.0 Å². The van der Waals surface area contributed by atoms with E-state index >= 15 is 0 Å². The van der Waals surface area contributed by atoms with E-state index < -0.39 is 0 Å². The molecular weight excluding hydrogens is 264 g/mol. The van der Waals surface area contributed by atoms with Gasteiger partial charge in [-0.1, -0.05) is 19.9 Å². The molecule has 1 N–H and O–H groups in total. The normalized spacial score (nSPS) is 15.5. The summed E-state index contributed by atoms with van der Waals surface area (Å²) in [5.74, 6) is 1.70. The monoisotopic (exact) mass is 292 g/mol. The van der Waals surface area contributed by atoms with Crippen molar-refractivity contribution in [2.75, 3.05) is 44.9 Å². The van der Waals surface area contributed by atoms with Gasteiger partial charge in [-0.15, -0.1) is 0 Å². The number of rotatable bonds is 7. The predicted octanol–water partition coefficient (Wildman–Crippen LogP) is 2.67. The topological polar surface area (TPSA) is 33.7 Å². The lowest BCUT2D eigenvalue weighted by Crippen LogP contribution is -2.36. The summed E-state index contributed by atoms with van der Waals surface area (Å²) < 4.78 is 11.0. The zero-order valence-corrected chi connectivity index (χ0v) is 13.5. The number of benzene rings is 1.